The minimum Gasteiger partial charge on any atom is -0.493 e. The Kier molecular flexibility index (Phi) is 5.96. The fraction of sp³-hybridized carbons (Fsp3) is 0.368. The van der Waals surface area contributed by atoms with Crippen LogP contribution in [-0.2, 0) is 6.42 Å². The molecule has 0 spiro atoms. The van der Waals surface area contributed by atoms with Crippen molar-refractivity contribution in [3.63, 3.8) is 0 Å². The van der Waals surface area contributed by atoms with E-state index in [2.05, 4.69) is 26.0 Å². The van der Waals surface area contributed by atoms with Crippen molar-refractivity contribution in [3.05, 3.63) is 65.5 Å². The Morgan fingerprint density at radius 2 is 1.82 bits per heavy atom. The van der Waals surface area contributed by atoms with Crippen LogP contribution in [-0.4, -0.2) is 13.2 Å². The lowest BCUT2D eigenvalue weighted by molar-refractivity contribution is 0.271. The van der Waals surface area contributed by atoms with Crippen LogP contribution in [0.4, 0.5) is 4.39 Å². The topological polar surface area (TPSA) is 35.2 Å². The van der Waals surface area contributed by atoms with Gasteiger partial charge < -0.3 is 10.5 Å². The Morgan fingerprint density at radius 3 is 2.41 bits per heavy atom. The normalized spacial score (nSPS) is 12.4. The van der Waals surface area contributed by atoms with Gasteiger partial charge in [0.15, 0.2) is 0 Å². The summed E-state index contributed by atoms with van der Waals surface area (Å²) in [5.74, 6) is 1.30. The van der Waals surface area contributed by atoms with Crippen LogP contribution in [0.15, 0.2) is 48.5 Å². The van der Waals surface area contributed by atoms with Gasteiger partial charge in [-0.25, -0.2) is 4.39 Å². The molecule has 0 radical (unpaired) electrons. The van der Waals surface area contributed by atoms with Crippen LogP contribution >= 0.6 is 0 Å². The Bertz CT molecular complexity index is 580. The van der Waals surface area contributed by atoms with Crippen molar-refractivity contribution in [2.75, 3.05) is 13.2 Å². The van der Waals surface area contributed by atoms with Gasteiger partial charge >= 0.3 is 0 Å². The third kappa shape index (κ3) is 4.85. The van der Waals surface area contributed by atoms with Gasteiger partial charge in [0.05, 0.1) is 6.61 Å². The zero-order valence-electron chi connectivity index (χ0n) is 13.3. The average molecular weight is 301 g/mol. The van der Waals surface area contributed by atoms with Gasteiger partial charge in [-0.1, -0.05) is 38.1 Å². The first-order chi connectivity index (χ1) is 10.6. The summed E-state index contributed by atoms with van der Waals surface area (Å²) in [5.41, 5.74) is 7.99. The molecule has 22 heavy (non-hydrogen) atoms. The minimum atomic E-state index is -0.214. The SMILES string of the molecule is CC(C)COc1ccc(CC(CN)c2cccc(F)c2)cc1. The summed E-state index contributed by atoms with van der Waals surface area (Å²) in [6, 6.07) is 14.8. The maximum atomic E-state index is 13.3. The standard InChI is InChI=1S/C19H24FNO/c1-14(2)13-22-19-8-6-15(7-9-19)10-17(12-21)16-4-3-5-18(20)11-16/h3-9,11,14,17H,10,12-13,21H2,1-2H3. The molecular weight excluding hydrogens is 277 g/mol. The maximum Gasteiger partial charge on any atom is 0.123 e. The molecule has 2 nitrogen and oxygen atoms in total. The van der Waals surface area contributed by atoms with Crippen LogP contribution < -0.4 is 10.5 Å². The third-order valence-corrected chi connectivity index (χ3v) is 3.59. The molecule has 2 N–H and O–H groups in total. The van der Waals surface area contributed by atoms with Gasteiger partial charge in [0.25, 0.3) is 0 Å². The maximum absolute atomic E-state index is 13.3. The molecule has 0 aliphatic heterocycles. The zero-order valence-corrected chi connectivity index (χ0v) is 13.3. The van der Waals surface area contributed by atoms with E-state index >= 15 is 0 Å². The molecule has 0 aromatic heterocycles. The van der Waals surface area contributed by atoms with Crippen molar-refractivity contribution < 1.29 is 9.13 Å². The summed E-state index contributed by atoms with van der Waals surface area (Å²) in [6.07, 6.45) is 0.796. The van der Waals surface area contributed by atoms with Crippen molar-refractivity contribution in [1.82, 2.24) is 0 Å². The van der Waals surface area contributed by atoms with Gasteiger partial charge in [-0.05, 0) is 54.3 Å². The zero-order chi connectivity index (χ0) is 15.9. The van der Waals surface area contributed by atoms with Gasteiger partial charge in [0, 0.05) is 5.92 Å². The Labute approximate surface area is 132 Å². The first-order valence-corrected chi connectivity index (χ1v) is 7.75. The van der Waals surface area contributed by atoms with Crippen molar-refractivity contribution in [3.8, 4) is 5.75 Å². The molecule has 0 saturated carbocycles. The van der Waals surface area contributed by atoms with Gasteiger partial charge in [0.1, 0.15) is 11.6 Å². The summed E-state index contributed by atoms with van der Waals surface area (Å²) in [5, 5.41) is 0. The molecule has 118 valence electrons. The van der Waals surface area contributed by atoms with Gasteiger partial charge in [0.2, 0.25) is 0 Å². The Hall–Kier alpha value is -1.87. The summed E-state index contributed by atoms with van der Waals surface area (Å²) in [7, 11) is 0. The van der Waals surface area contributed by atoms with Crippen LogP contribution in [0, 0.1) is 11.7 Å². The molecule has 0 bridgehead atoms. The molecule has 0 heterocycles. The Morgan fingerprint density at radius 1 is 1.09 bits per heavy atom. The number of rotatable bonds is 7. The van der Waals surface area contributed by atoms with Crippen molar-refractivity contribution in [2.24, 2.45) is 11.7 Å². The average Bonchev–Trinajstić information content (AvgIpc) is 2.51. The molecule has 0 aliphatic carbocycles. The largest absolute Gasteiger partial charge is 0.493 e. The number of halogens is 1. The number of benzene rings is 2. The van der Waals surface area contributed by atoms with E-state index in [0.717, 1.165) is 17.7 Å². The molecule has 1 atom stereocenters. The molecular formula is C19H24FNO. The van der Waals surface area contributed by atoms with E-state index in [1.165, 1.54) is 11.6 Å². The van der Waals surface area contributed by atoms with E-state index in [1.807, 2.05) is 18.2 Å². The predicted octanol–water partition coefficient (Wildman–Crippen LogP) is 4.15. The smallest absolute Gasteiger partial charge is 0.123 e. The van der Waals surface area contributed by atoms with Crippen molar-refractivity contribution in [2.45, 2.75) is 26.2 Å². The van der Waals surface area contributed by atoms with Crippen molar-refractivity contribution in [1.29, 1.82) is 0 Å². The minimum absolute atomic E-state index is 0.123. The fourth-order valence-corrected chi connectivity index (χ4v) is 2.37. The number of hydrogen-bond donors (Lipinski definition) is 1. The molecule has 3 heteroatoms. The highest BCUT2D eigenvalue weighted by Crippen LogP contribution is 2.22. The van der Waals surface area contributed by atoms with Gasteiger partial charge in [-0.3, -0.25) is 0 Å². The first-order valence-electron chi connectivity index (χ1n) is 7.75. The third-order valence-electron chi connectivity index (χ3n) is 3.59. The monoisotopic (exact) mass is 301 g/mol. The second kappa shape index (κ2) is 7.95. The molecule has 0 fully saturated rings. The van der Waals surface area contributed by atoms with E-state index in [4.69, 9.17) is 10.5 Å². The highest BCUT2D eigenvalue weighted by atomic mass is 19.1. The van der Waals surface area contributed by atoms with E-state index in [9.17, 15) is 4.39 Å². The van der Waals surface area contributed by atoms with Crippen LogP contribution in [0.5, 0.6) is 5.75 Å². The molecule has 0 aliphatic rings. The van der Waals surface area contributed by atoms with Gasteiger partial charge in [-0.2, -0.15) is 0 Å². The number of hydrogen-bond acceptors (Lipinski definition) is 2. The van der Waals surface area contributed by atoms with Crippen molar-refractivity contribution >= 4 is 0 Å². The van der Waals surface area contributed by atoms with E-state index in [0.29, 0.717) is 19.1 Å². The first kappa shape index (κ1) is 16.5. The molecule has 0 amide bonds. The molecule has 0 saturated heterocycles. The lowest BCUT2D eigenvalue weighted by Gasteiger charge is -2.16. The lowest BCUT2D eigenvalue weighted by atomic mass is 9.92. The second-order valence-electron chi connectivity index (χ2n) is 6.04. The van der Waals surface area contributed by atoms with Crippen LogP contribution in [0.3, 0.4) is 0 Å². The molecule has 2 aromatic carbocycles. The second-order valence-corrected chi connectivity index (χ2v) is 6.04. The highest BCUT2D eigenvalue weighted by molar-refractivity contribution is 5.30. The Balaban J connectivity index is 2.02. The van der Waals surface area contributed by atoms with Crippen LogP contribution in [0.2, 0.25) is 0 Å². The van der Waals surface area contributed by atoms with E-state index in [-0.39, 0.29) is 11.7 Å². The quantitative estimate of drug-likeness (QED) is 0.834. The van der Waals surface area contributed by atoms with E-state index < -0.39 is 0 Å². The number of ether oxygens (including phenoxy) is 1. The van der Waals surface area contributed by atoms with Crippen LogP contribution in [0.1, 0.15) is 30.9 Å². The summed E-state index contributed by atoms with van der Waals surface area (Å²) in [4.78, 5) is 0. The summed E-state index contributed by atoms with van der Waals surface area (Å²) >= 11 is 0. The molecule has 1 unspecified atom stereocenters. The molecule has 2 rings (SSSR count). The number of nitrogens with two attached hydrogens (primary N) is 1. The summed E-state index contributed by atoms with van der Waals surface area (Å²) < 4.78 is 19.0. The fourth-order valence-electron chi connectivity index (χ4n) is 2.37. The predicted molar refractivity (Wildman–Crippen MR) is 88.7 cm³/mol. The van der Waals surface area contributed by atoms with E-state index in [1.54, 1.807) is 12.1 Å². The summed E-state index contributed by atoms with van der Waals surface area (Å²) in [6.45, 7) is 5.46. The van der Waals surface area contributed by atoms with Gasteiger partial charge in [-0.15, -0.1) is 0 Å². The molecule has 2 aromatic rings. The van der Waals surface area contributed by atoms with Crippen LogP contribution in [0.25, 0.3) is 0 Å². The lowest BCUT2D eigenvalue weighted by Crippen LogP contribution is -2.15. The highest BCUT2D eigenvalue weighted by Gasteiger charge is 2.11.